The number of nitrogens with zero attached hydrogens (tertiary/aromatic N) is 3. The molecule has 0 aliphatic carbocycles. The average Bonchev–Trinajstić information content (AvgIpc) is 3.84. The zero-order valence-electron chi connectivity index (χ0n) is 43.1. The predicted molar refractivity (Wildman–Crippen MR) is 262 cm³/mol. The van der Waals surface area contributed by atoms with E-state index in [-0.39, 0.29) is 44.2 Å². The van der Waals surface area contributed by atoms with E-state index >= 15 is 0 Å². The number of hydrogen-bond acceptors (Lipinski definition) is 16. The number of allylic oxidation sites excluding steroid dienone is 7. The van der Waals surface area contributed by atoms with Gasteiger partial charge in [-0.2, -0.15) is 5.26 Å². The van der Waals surface area contributed by atoms with Gasteiger partial charge in [0.05, 0.1) is 49.2 Å². The maximum atomic E-state index is 12.6. The van der Waals surface area contributed by atoms with Crippen LogP contribution in [0.3, 0.4) is 0 Å². The highest BCUT2D eigenvalue weighted by Gasteiger charge is 2.68. The fourth-order valence-electron chi connectivity index (χ4n) is 8.96. The van der Waals surface area contributed by atoms with Crippen LogP contribution in [0.2, 0.25) is 0 Å². The van der Waals surface area contributed by atoms with Crippen LogP contribution in [0, 0.1) is 34.5 Å². The summed E-state index contributed by atoms with van der Waals surface area (Å²) in [6.45, 7) is 16.6. The Morgan fingerprint density at radius 3 is 2.36 bits per heavy atom. The van der Waals surface area contributed by atoms with Gasteiger partial charge in [-0.15, -0.1) is 0 Å². The molecule has 8 N–H and O–H groups in total. The van der Waals surface area contributed by atoms with Gasteiger partial charge in [-0.3, -0.25) is 9.32 Å². The molecule has 20 heteroatoms. The van der Waals surface area contributed by atoms with Gasteiger partial charge in [0.15, 0.2) is 17.8 Å². The number of hydrogen-bond donors (Lipinski definition) is 8. The molecule has 2 aliphatic rings. The largest absolute Gasteiger partial charge is 0.469 e. The molecule has 3 heterocycles. The van der Waals surface area contributed by atoms with Crippen molar-refractivity contribution in [3.05, 3.63) is 71.0 Å². The molecule has 396 valence electrons. The number of oxazole rings is 1. The Morgan fingerprint density at radius 2 is 1.76 bits per heavy atom. The predicted octanol–water partition coefficient (Wildman–Crippen LogP) is 4.69. The van der Waals surface area contributed by atoms with Crippen LogP contribution in [0.4, 0.5) is 0 Å². The summed E-state index contributed by atoms with van der Waals surface area (Å²) in [7, 11) is 1.12. The normalized spacial score (nSPS) is 27.6. The molecule has 2 fully saturated rings. The van der Waals surface area contributed by atoms with Gasteiger partial charge in [0.1, 0.15) is 30.3 Å². The molecule has 15 atom stereocenters. The number of phosphoric acid groups is 1. The van der Waals surface area contributed by atoms with E-state index in [1.165, 1.54) is 26.6 Å². The van der Waals surface area contributed by atoms with Crippen molar-refractivity contribution in [2.75, 3.05) is 41.5 Å². The molecule has 1 aromatic heterocycles. The van der Waals surface area contributed by atoms with Gasteiger partial charge in [0, 0.05) is 68.8 Å². The van der Waals surface area contributed by atoms with Crippen molar-refractivity contribution in [2.45, 2.75) is 161 Å². The Kier molecular flexibility index (Phi) is 23.5. The van der Waals surface area contributed by atoms with E-state index < -0.39 is 97.7 Å². The van der Waals surface area contributed by atoms with Crippen molar-refractivity contribution in [3.63, 3.8) is 0 Å². The monoisotopic (exact) mass is 1010 g/mol. The van der Waals surface area contributed by atoms with E-state index in [0.29, 0.717) is 18.0 Å². The highest BCUT2D eigenvalue weighted by atomic mass is 31.2. The lowest BCUT2D eigenvalue weighted by Crippen LogP contribution is -2.58. The van der Waals surface area contributed by atoms with Crippen molar-refractivity contribution in [1.29, 1.82) is 5.26 Å². The van der Waals surface area contributed by atoms with Crippen molar-refractivity contribution in [3.8, 4) is 6.07 Å². The first-order valence-electron chi connectivity index (χ1n) is 23.8. The molecule has 2 saturated heterocycles. The van der Waals surface area contributed by atoms with Crippen LogP contribution in [0.15, 0.2) is 63.9 Å². The summed E-state index contributed by atoms with van der Waals surface area (Å²) >= 11 is 0. The van der Waals surface area contributed by atoms with Gasteiger partial charge >= 0.3 is 7.82 Å². The van der Waals surface area contributed by atoms with Crippen LogP contribution in [-0.2, 0) is 32.8 Å². The number of ether oxygens (including phenoxy) is 4. The Morgan fingerprint density at radius 1 is 1.09 bits per heavy atom. The molecule has 0 aromatic carbocycles. The van der Waals surface area contributed by atoms with Crippen molar-refractivity contribution in [2.24, 2.45) is 23.2 Å². The number of rotatable bonds is 26. The highest BCUT2D eigenvalue weighted by molar-refractivity contribution is 7.46. The number of likely N-dealkylation sites (N-methyl/N-ethyl adjacent to an activating group) is 1. The molecule has 70 heavy (non-hydrogen) atoms. The van der Waals surface area contributed by atoms with Crippen LogP contribution in [0.1, 0.15) is 105 Å². The van der Waals surface area contributed by atoms with Crippen LogP contribution in [0.25, 0.3) is 6.08 Å². The zero-order chi connectivity index (χ0) is 52.9. The van der Waals surface area contributed by atoms with Crippen LogP contribution >= 0.6 is 7.82 Å². The minimum absolute atomic E-state index is 0.0645. The lowest BCUT2D eigenvalue weighted by molar-refractivity contribution is -0.334. The molecule has 1 aromatic rings. The first kappa shape index (κ1) is 60.9. The van der Waals surface area contributed by atoms with Crippen LogP contribution in [-0.4, -0.2) is 159 Å². The van der Waals surface area contributed by atoms with E-state index in [1.54, 1.807) is 45.8 Å². The second-order valence-electron chi connectivity index (χ2n) is 19.9. The molecule has 2 aliphatic heterocycles. The third-order valence-electron chi connectivity index (χ3n) is 14.0. The Hall–Kier alpha value is -3.42. The third-order valence-corrected chi connectivity index (χ3v) is 14.5. The quantitative estimate of drug-likeness (QED) is 0.0355. The number of nitriles is 1. The van der Waals surface area contributed by atoms with Gasteiger partial charge in [-0.05, 0) is 64.9 Å². The van der Waals surface area contributed by atoms with E-state index in [0.717, 1.165) is 16.7 Å². The molecule has 0 radical (unpaired) electrons. The maximum Gasteiger partial charge on any atom is 0.469 e. The highest BCUT2D eigenvalue weighted by Crippen LogP contribution is 2.59. The molecule has 1 amide bonds. The molecule has 15 unspecified atom stereocenters. The summed E-state index contributed by atoms with van der Waals surface area (Å²) in [5.74, 6) is -3.63. The number of nitrogens with one attached hydrogen (secondary N) is 1. The summed E-state index contributed by atoms with van der Waals surface area (Å²) in [6.07, 6.45) is 4.10. The van der Waals surface area contributed by atoms with Gasteiger partial charge in [-0.1, -0.05) is 77.5 Å². The number of carbonyl (C=O) groups excluding carboxylic acids is 1. The SMILES string of the molecule is COCC(C(O)C(O)C(=O)NCCC(C)c1nc(/C=C\CC2OC3(CC(O)C2C)OC(C(CC(O)C(C)C(O)C(C)\C=C(C)/C(C)=C/C=C/C(C)=C/C#N)OC)C(OP(=O)(O)O)C3(C)C)co1)N(C)C. The minimum atomic E-state index is -5.15. The van der Waals surface area contributed by atoms with Gasteiger partial charge in [-0.25, -0.2) is 9.55 Å². The Balaban J connectivity index is 1.74. The number of aliphatic hydroxyl groups is 5. The first-order valence-corrected chi connectivity index (χ1v) is 25.4. The minimum Gasteiger partial charge on any atom is -0.448 e. The number of amides is 1. The van der Waals surface area contributed by atoms with Gasteiger partial charge in [0.2, 0.25) is 0 Å². The van der Waals surface area contributed by atoms with Crippen molar-refractivity contribution < 1.29 is 72.6 Å². The second kappa shape index (κ2) is 27.0. The number of methoxy groups -OCH3 is 2. The third kappa shape index (κ3) is 16.3. The van der Waals surface area contributed by atoms with E-state index in [9.17, 15) is 44.7 Å². The number of carbonyl (C=O) groups is 1. The lowest BCUT2D eigenvalue weighted by Gasteiger charge is -2.50. The molecule has 1 spiro atoms. The molecular formula is C50H81N4O15P. The molecule has 3 rings (SSSR count). The summed E-state index contributed by atoms with van der Waals surface area (Å²) in [4.78, 5) is 39.2. The number of aromatic nitrogens is 1. The maximum absolute atomic E-state index is 12.6. The van der Waals surface area contributed by atoms with E-state index in [4.69, 9.17) is 33.2 Å². The first-order chi connectivity index (χ1) is 32.6. The summed E-state index contributed by atoms with van der Waals surface area (Å²) in [5, 5.41) is 67.1. The Labute approximate surface area is 414 Å². The molecular weight excluding hydrogens is 928 g/mol. The summed E-state index contributed by atoms with van der Waals surface area (Å²) in [5.41, 5.74) is 1.87. The fourth-order valence-corrected chi connectivity index (χ4v) is 9.64. The van der Waals surface area contributed by atoms with E-state index in [1.807, 2.05) is 78.0 Å². The molecule has 0 bridgehead atoms. The van der Waals surface area contributed by atoms with Gasteiger partial charge < -0.3 is 68.9 Å². The molecule has 0 saturated carbocycles. The fraction of sp³-hybridized carbons (Fsp3) is 0.700. The smallest absolute Gasteiger partial charge is 0.448 e. The standard InChI is InChI=1S/C50H81N4O15P/c1-29(20-22-51)16-14-17-30(2)32(4)24-33(5)42(57)35(7)38(55)25-41(65-13)45-46(69-70(61,62)63)49(8,9)50(68-45)26-39(56)34(6)40(67-50)19-15-18-36-27-66-48(53-36)31(3)21-23-52-47(60)44(59)43(58)37(28-64-12)54(10)11/h14-18,20,24,27,31,33-35,37-46,55-59H,19,21,23,25-26,28H2,1-13H3,(H,52,60)(H2,61,62,63)/b16-14+,18-15-,29-20+,30-17+,32-24-. The van der Waals surface area contributed by atoms with Crippen LogP contribution in [0.5, 0.6) is 0 Å². The number of aliphatic hydroxyl groups excluding tert-OH is 5. The van der Waals surface area contributed by atoms with Crippen molar-refractivity contribution in [1.82, 2.24) is 15.2 Å². The van der Waals surface area contributed by atoms with E-state index in [2.05, 4.69) is 10.3 Å². The summed E-state index contributed by atoms with van der Waals surface area (Å²) < 4.78 is 48.2. The van der Waals surface area contributed by atoms with Crippen LogP contribution < -0.4 is 5.32 Å². The zero-order valence-corrected chi connectivity index (χ0v) is 44.0. The van der Waals surface area contributed by atoms with Gasteiger partial charge in [0.25, 0.3) is 5.91 Å². The number of phosphoric ester groups is 1. The average molecular weight is 1010 g/mol. The lowest BCUT2D eigenvalue weighted by atomic mass is 9.72. The second-order valence-corrected chi connectivity index (χ2v) is 21.1. The topological polar surface area (TPSA) is 287 Å². The Bertz CT molecular complexity index is 2080. The van der Waals surface area contributed by atoms with Crippen molar-refractivity contribution >= 4 is 19.8 Å². The summed E-state index contributed by atoms with van der Waals surface area (Å²) in [6, 6.07) is 1.40. The molecule has 19 nitrogen and oxygen atoms in total.